The van der Waals surface area contributed by atoms with Gasteiger partial charge in [0.15, 0.2) is 5.96 Å². The zero-order valence-corrected chi connectivity index (χ0v) is 12.6. The van der Waals surface area contributed by atoms with E-state index in [9.17, 15) is 0 Å². The summed E-state index contributed by atoms with van der Waals surface area (Å²) < 4.78 is 1.14. The molecule has 2 N–H and O–H groups in total. The Labute approximate surface area is 115 Å². The molecule has 0 saturated heterocycles. The number of nitrogens with one attached hydrogen (secondary N) is 2. The van der Waals surface area contributed by atoms with Crippen molar-refractivity contribution in [1.82, 2.24) is 10.6 Å². The Morgan fingerprint density at radius 1 is 1.65 bits per heavy atom. The van der Waals surface area contributed by atoms with Gasteiger partial charge in [-0.25, -0.2) is 4.99 Å². The van der Waals surface area contributed by atoms with Crippen molar-refractivity contribution in [2.45, 2.75) is 32.9 Å². The van der Waals surface area contributed by atoms with Crippen LogP contribution in [-0.2, 0) is 6.54 Å². The van der Waals surface area contributed by atoms with Crippen LogP contribution in [0.15, 0.2) is 20.9 Å². The third kappa shape index (κ3) is 4.00. The molecule has 0 amide bonds. The zero-order chi connectivity index (χ0) is 12.3. The average Bonchev–Trinajstić information content (AvgIpc) is 2.81. The first-order chi connectivity index (χ1) is 8.19. The quantitative estimate of drug-likeness (QED) is 0.662. The molecule has 3 nitrogen and oxygen atoms in total. The second-order valence-corrected chi connectivity index (χ2v) is 6.30. The van der Waals surface area contributed by atoms with Crippen LogP contribution in [0.5, 0.6) is 0 Å². The Morgan fingerprint density at radius 3 is 2.94 bits per heavy atom. The summed E-state index contributed by atoms with van der Waals surface area (Å²) in [5.41, 5.74) is 0. The standard InChI is InChI=1S/C12H18BrN3S/c1-3-14-12(16-11-4-8(11)2)15-6-10-5-9(13)7-17-10/h5,7-8,11H,3-4,6H2,1-2H3,(H2,14,15,16). The summed E-state index contributed by atoms with van der Waals surface area (Å²) in [6.45, 7) is 6.00. The highest BCUT2D eigenvalue weighted by molar-refractivity contribution is 9.10. The number of hydrogen-bond acceptors (Lipinski definition) is 2. The van der Waals surface area contributed by atoms with E-state index in [0.717, 1.165) is 29.4 Å². The Kier molecular flexibility index (Phi) is 4.45. The van der Waals surface area contributed by atoms with Gasteiger partial charge in [0.2, 0.25) is 0 Å². The van der Waals surface area contributed by atoms with Crippen LogP contribution in [-0.4, -0.2) is 18.5 Å². The molecule has 0 aliphatic heterocycles. The van der Waals surface area contributed by atoms with Crippen molar-refractivity contribution < 1.29 is 0 Å². The summed E-state index contributed by atoms with van der Waals surface area (Å²) in [5, 5.41) is 8.83. The minimum Gasteiger partial charge on any atom is -0.357 e. The fourth-order valence-electron chi connectivity index (χ4n) is 1.61. The molecule has 1 aliphatic rings. The van der Waals surface area contributed by atoms with Crippen LogP contribution in [0, 0.1) is 5.92 Å². The van der Waals surface area contributed by atoms with Gasteiger partial charge in [0.1, 0.15) is 0 Å². The lowest BCUT2D eigenvalue weighted by Crippen LogP contribution is -2.39. The molecule has 1 aromatic rings. The number of guanidine groups is 1. The van der Waals surface area contributed by atoms with E-state index in [0.29, 0.717) is 6.04 Å². The summed E-state index contributed by atoms with van der Waals surface area (Å²) in [6, 6.07) is 2.74. The van der Waals surface area contributed by atoms with Crippen LogP contribution in [0.2, 0.25) is 0 Å². The van der Waals surface area contributed by atoms with Crippen molar-refractivity contribution in [3.05, 3.63) is 20.8 Å². The maximum absolute atomic E-state index is 4.60. The predicted molar refractivity (Wildman–Crippen MR) is 77.5 cm³/mol. The van der Waals surface area contributed by atoms with E-state index >= 15 is 0 Å². The summed E-state index contributed by atoms with van der Waals surface area (Å²) in [6.07, 6.45) is 1.26. The molecule has 2 atom stereocenters. The number of thiophene rings is 1. The van der Waals surface area contributed by atoms with Crippen LogP contribution in [0.3, 0.4) is 0 Å². The number of halogens is 1. The van der Waals surface area contributed by atoms with Crippen molar-refractivity contribution >= 4 is 33.2 Å². The molecule has 0 bridgehead atoms. The molecule has 5 heteroatoms. The zero-order valence-electron chi connectivity index (χ0n) is 10.2. The van der Waals surface area contributed by atoms with E-state index in [1.807, 2.05) is 0 Å². The molecule has 2 unspecified atom stereocenters. The topological polar surface area (TPSA) is 36.4 Å². The van der Waals surface area contributed by atoms with Gasteiger partial charge in [0.25, 0.3) is 0 Å². The lowest BCUT2D eigenvalue weighted by Gasteiger charge is -2.10. The molecule has 1 heterocycles. The molecule has 1 aromatic heterocycles. The minimum atomic E-state index is 0.614. The van der Waals surface area contributed by atoms with Gasteiger partial charge in [-0.1, -0.05) is 6.92 Å². The van der Waals surface area contributed by atoms with Gasteiger partial charge < -0.3 is 10.6 Å². The van der Waals surface area contributed by atoms with Crippen molar-refractivity contribution in [3.63, 3.8) is 0 Å². The highest BCUT2D eigenvalue weighted by Gasteiger charge is 2.33. The molecule has 1 fully saturated rings. The van der Waals surface area contributed by atoms with Crippen LogP contribution in [0.25, 0.3) is 0 Å². The summed E-state index contributed by atoms with van der Waals surface area (Å²) in [5.74, 6) is 1.72. The number of aliphatic imine (C=N–C) groups is 1. The van der Waals surface area contributed by atoms with Gasteiger partial charge in [-0.3, -0.25) is 0 Å². The van der Waals surface area contributed by atoms with Crippen molar-refractivity contribution in [1.29, 1.82) is 0 Å². The highest BCUT2D eigenvalue weighted by atomic mass is 79.9. The largest absolute Gasteiger partial charge is 0.357 e. The van der Waals surface area contributed by atoms with Crippen LogP contribution >= 0.6 is 27.3 Å². The minimum absolute atomic E-state index is 0.614. The van der Waals surface area contributed by atoms with Gasteiger partial charge in [0.05, 0.1) is 6.54 Å². The van der Waals surface area contributed by atoms with Gasteiger partial charge in [-0.2, -0.15) is 0 Å². The summed E-state index contributed by atoms with van der Waals surface area (Å²) in [7, 11) is 0. The Bertz CT molecular complexity index is 402. The lowest BCUT2D eigenvalue weighted by molar-refractivity contribution is 0.767. The van der Waals surface area contributed by atoms with E-state index in [1.54, 1.807) is 11.3 Å². The third-order valence-corrected chi connectivity index (χ3v) is 4.47. The van der Waals surface area contributed by atoms with E-state index in [2.05, 4.69) is 56.8 Å². The van der Waals surface area contributed by atoms with Gasteiger partial charge >= 0.3 is 0 Å². The third-order valence-electron chi connectivity index (χ3n) is 2.79. The summed E-state index contributed by atoms with van der Waals surface area (Å²) in [4.78, 5) is 5.87. The summed E-state index contributed by atoms with van der Waals surface area (Å²) >= 11 is 5.19. The second kappa shape index (κ2) is 5.87. The first-order valence-corrected chi connectivity index (χ1v) is 7.64. The molecule has 0 radical (unpaired) electrons. The SMILES string of the molecule is CCNC(=NCc1cc(Br)cs1)NC1CC1C. The first kappa shape index (κ1) is 12.9. The first-order valence-electron chi connectivity index (χ1n) is 5.96. The normalized spacial score (nSPS) is 23.6. The number of rotatable bonds is 4. The Morgan fingerprint density at radius 2 is 2.41 bits per heavy atom. The average molecular weight is 316 g/mol. The van der Waals surface area contributed by atoms with Crippen LogP contribution in [0.1, 0.15) is 25.1 Å². The fraction of sp³-hybridized carbons (Fsp3) is 0.583. The van der Waals surface area contributed by atoms with Gasteiger partial charge in [0, 0.05) is 27.3 Å². The molecule has 2 rings (SSSR count). The molecular weight excluding hydrogens is 298 g/mol. The van der Waals surface area contributed by atoms with Gasteiger partial charge in [-0.15, -0.1) is 11.3 Å². The molecule has 1 aliphatic carbocycles. The Balaban J connectivity index is 1.90. The predicted octanol–water partition coefficient (Wildman–Crippen LogP) is 2.97. The van der Waals surface area contributed by atoms with E-state index in [1.165, 1.54) is 11.3 Å². The van der Waals surface area contributed by atoms with Crippen molar-refractivity contribution in [2.75, 3.05) is 6.54 Å². The maximum Gasteiger partial charge on any atom is 0.191 e. The number of nitrogens with zero attached hydrogens (tertiary/aromatic N) is 1. The van der Waals surface area contributed by atoms with E-state index in [-0.39, 0.29) is 0 Å². The maximum atomic E-state index is 4.60. The smallest absolute Gasteiger partial charge is 0.191 e. The molecule has 94 valence electrons. The monoisotopic (exact) mass is 315 g/mol. The van der Waals surface area contributed by atoms with Crippen molar-refractivity contribution in [3.8, 4) is 0 Å². The van der Waals surface area contributed by atoms with E-state index < -0.39 is 0 Å². The highest BCUT2D eigenvalue weighted by Crippen LogP contribution is 2.28. The van der Waals surface area contributed by atoms with Gasteiger partial charge in [-0.05, 0) is 41.3 Å². The number of hydrogen-bond donors (Lipinski definition) is 2. The van der Waals surface area contributed by atoms with Crippen LogP contribution in [0.4, 0.5) is 0 Å². The molecule has 17 heavy (non-hydrogen) atoms. The molecular formula is C12H18BrN3S. The fourth-order valence-corrected chi connectivity index (χ4v) is 2.99. The lowest BCUT2D eigenvalue weighted by atomic mass is 10.4. The van der Waals surface area contributed by atoms with E-state index in [4.69, 9.17) is 0 Å². The molecule has 0 aromatic carbocycles. The molecule has 0 spiro atoms. The van der Waals surface area contributed by atoms with Crippen molar-refractivity contribution in [2.24, 2.45) is 10.9 Å². The molecule has 1 saturated carbocycles. The van der Waals surface area contributed by atoms with Crippen LogP contribution < -0.4 is 10.6 Å². The second-order valence-electron chi connectivity index (χ2n) is 4.39. The Hall–Kier alpha value is -0.550.